The molecular weight excluding hydrogens is 1380 g/mol. The van der Waals surface area contributed by atoms with E-state index in [-0.39, 0.29) is 25.7 Å². The van der Waals surface area contributed by atoms with E-state index in [9.17, 15) is 43.2 Å². The Morgan fingerprint density at radius 1 is 0.255 bits per heavy atom. The Balaban J connectivity index is 5.20. The first-order chi connectivity index (χ1) is 51.4. The van der Waals surface area contributed by atoms with E-state index in [1.165, 1.54) is 276 Å². The fourth-order valence-electron chi connectivity index (χ4n) is 13.6. The van der Waals surface area contributed by atoms with E-state index >= 15 is 0 Å². The first kappa shape index (κ1) is 104. The Morgan fingerprint density at radius 3 is 0.642 bits per heavy atom. The lowest BCUT2D eigenvalue weighted by molar-refractivity contribution is -0.161. The fourth-order valence-corrected chi connectivity index (χ4v) is 15.2. The minimum Gasteiger partial charge on any atom is -0.462 e. The highest BCUT2D eigenvalue weighted by Crippen LogP contribution is 2.45. The van der Waals surface area contributed by atoms with Crippen LogP contribution in [-0.4, -0.2) is 96.7 Å². The van der Waals surface area contributed by atoms with Crippen molar-refractivity contribution < 1.29 is 80.2 Å². The summed E-state index contributed by atoms with van der Waals surface area (Å²) in [5.41, 5.74) is 0. The van der Waals surface area contributed by atoms with Crippen LogP contribution in [0.3, 0.4) is 0 Å². The van der Waals surface area contributed by atoms with Gasteiger partial charge in [-0.3, -0.25) is 37.3 Å². The van der Waals surface area contributed by atoms with Gasteiger partial charge < -0.3 is 33.8 Å². The van der Waals surface area contributed by atoms with Crippen LogP contribution in [-0.2, 0) is 65.4 Å². The van der Waals surface area contributed by atoms with Gasteiger partial charge in [0.2, 0.25) is 0 Å². The average Bonchev–Trinajstić information content (AvgIpc) is 0.909. The molecule has 106 heavy (non-hydrogen) atoms. The summed E-state index contributed by atoms with van der Waals surface area (Å²) in [6, 6.07) is 0. The molecule has 630 valence electrons. The molecule has 0 aliphatic heterocycles. The van der Waals surface area contributed by atoms with Gasteiger partial charge in [0, 0.05) is 25.7 Å². The standard InChI is InChI=1S/C87H170O17P2/c1-7-9-11-13-15-17-19-21-23-25-27-28-29-31-33-35-39-43-47-51-59-65-71-86(91)103-82(75-97-84(89)69-63-57-50-46-42-38-34-32-30-26-24-22-20-18-16-14-12-10-8-2)77-101-105(93,94)99-73-81(88)74-100-106(95,96)102-78-83(76-98-85(90)70-64-58-54-53-56-62-68-80(5)6)104-87(92)72-66-60-52-48-44-40-36-37-41-45-49-55-61-67-79(3)4/h79-83,88H,7-78H2,1-6H3,(H,93,94)(H,95,96)/t81-,82-,83-/m1/s1. The number of carbonyl (C=O) groups is 4. The minimum atomic E-state index is -4.97. The second-order valence-corrected chi connectivity index (χ2v) is 35.1. The molecule has 0 rings (SSSR count). The third kappa shape index (κ3) is 80.1. The van der Waals surface area contributed by atoms with Crippen molar-refractivity contribution in [1.82, 2.24) is 0 Å². The Hall–Kier alpha value is -1.94. The highest BCUT2D eigenvalue weighted by Gasteiger charge is 2.30. The molecular formula is C87H170O17P2. The number of hydrogen-bond acceptors (Lipinski definition) is 15. The number of unbranched alkanes of at least 4 members (excludes halogenated alkanes) is 56. The Kier molecular flexibility index (Phi) is 76.9. The van der Waals surface area contributed by atoms with E-state index in [0.29, 0.717) is 31.6 Å². The molecule has 17 nitrogen and oxygen atoms in total. The van der Waals surface area contributed by atoms with Gasteiger partial charge in [-0.2, -0.15) is 0 Å². The summed E-state index contributed by atoms with van der Waals surface area (Å²) in [6.45, 7) is 9.60. The van der Waals surface area contributed by atoms with Gasteiger partial charge in [-0.25, -0.2) is 9.13 Å². The molecule has 0 saturated heterocycles. The van der Waals surface area contributed by atoms with Gasteiger partial charge in [0.05, 0.1) is 26.4 Å². The van der Waals surface area contributed by atoms with E-state index in [4.69, 9.17) is 37.0 Å². The molecule has 5 atom stereocenters. The quantitative estimate of drug-likeness (QED) is 0.0222. The molecule has 0 bridgehead atoms. The molecule has 2 unspecified atom stereocenters. The predicted octanol–water partition coefficient (Wildman–Crippen LogP) is 26.6. The van der Waals surface area contributed by atoms with Gasteiger partial charge in [-0.15, -0.1) is 0 Å². The normalized spacial score (nSPS) is 13.8. The number of carbonyl (C=O) groups excluding carboxylic acids is 4. The van der Waals surface area contributed by atoms with E-state index in [0.717, 1.165) is 102 Å². The first-order valence-corrected chi connectivity index (χ1v) is 48.0. The fraction of sp³-hybridized carbons (Fsp3) is 0.954. The van der Waals surface area contributed by atoms with E-state index < -0.39 is 97.5 Å². The lowest BCUT2D eigenvalue weighted by atomic mass is 10.0. The van der Waals surface area contributed by atoms with Crippen LogP contribution in [0.5, 0.6) is 0 Å². The first-order valence-electron chi connectivity index (χ1n) is 45.0. The van der Waals surface area contributed by atoms with E-state index in [1.807, 2.05) is 0 Å². The van der Waals surface area contributed by atoms with Gasteiger partial charge in [-0.05, 0) is 37.5 Å². The highest BCUT2D eigenvalue weighted by atomic mass is 31.2. The molecule has 3 N–H and O–H groups in total. The van der Waals surface area contributed by atoms with Crippen molar-refractivity contribution in [2.45, 2.75) is 484 Å². The Labute approximate surface area is 651 Å². The number of phosphoric acid groups is 2. The minimum absolute atomic E-state index is 0.106. The topological polar surface area (TPSA) is 237 Å². The molecule has 0 aromatic heterocycles. The zero-order valence-corrected chi connectivity index (χ0v) is 71.5. The maximum absolute atomic E-state index is 13.2. The zero-order valence-electron chi connectivity index (χ0n) is 69.7. The zero-order chi connectivity index (χ0) is 77.8. The summed E-state index contributed by atoms with van der Waals surface area (Å²) in [6.07, 6.45) is 71.2. The van der Waals surface area contributed by atoms with Crippen LogP contribution in [0.15, 0.2) is 0 Å². The van der Waals surface area contributed by atoms with Gasteiger partial charge in [0.1, 0.15) is 19.3 Å². The molecule has 0 spiro atoms. The summed E-state index contributed by atoms with van der Waals surface area (Å²) >= 11 is 0. The van der Waals surface area contributed by atoms with Crippen molar-refractivity contribution >= 4 is 39.5 Å². The number of rotatable bonds is 86. The van der Waals surface area contributed by atoms with Crippen LogP contribution in [0.25, 0.3) is 0 Å². The van der Waals surface area contributed by atoms with E-state index in [2.05, 4.69) is 41.5 Å². The van der Waals surface area contributed by atoms with Crippen LogP contribution in [0.4, 0.5) is 0 Å². The average molecular weight is 1550 g/mol. The van der Waals surface area contributed by atoms with Crippen LogP contribution in [0.1, 0.15) is 465 Å². The Morgan fingerprint density at radius 2 is 0.434 bits per heavy atom. The van der Waals surface area contributed by atoms with Gasteiger partial charge in [0.25, 0.3) is 0 Å². The molecule has 0 amide bonds. The molecule has 0 aliphatic carbocycles. The summed E-state index contributed by atoms with van der Waals surface area (Å²) in [4.78, 5) is 73.2. The molecule has 0 fully saturated rings. The van der Waals surface area contributed by atoms with Crippen molar-refractivity contribution in [3.05, 3.63) is 0 Å². The molecule has 0 radical (unpaired) electrons. The van der Waals surface area contributed by atoms with Gasteiger partial charge in [-0.1, -0.05) is 414 Å². The SMILES string of the molecule is CCCCCCCCCCCCCCCCCCCCCCCCC(=O)O[C@H](COC(=O)CCCCCCCCCCCCCCCCCCCCC)COP(=O)(O)OC[C@@H](O)COP(=O)(O)OC[C@@H](COC(=O)CCCCCCCCC(C)C)OC(=O)CCCCCCCCCCCCCCCC(C)C. The van der Waals surface area contributed by atoms with Crippen molar-refractivity contribution in [3.8, 4) is 0 Å². The summed E-state index contributed by atoms with van der Waals surface area (Å²) in [5.74, 6) is -0.639. The number of hydrogen-bond donors (Lipinski definition) is 3. The molecule has 0 heterocycles. The van der Waals surface area contributed by atoms with Crippen molar-refractivity contribution in [3.63, 3.8) is 0 Å². The van der Waals surface area contributed by atoms with Crippen molar-refractivity contribution in [2.75, 3.05) is 39.6 Å². The maximum atomic E-state index is 13.2. The summed E-state index contributed by atoms with van der Waals surface area (Å²) in [5, 5.41) is 10.7. The van der Waals surface area contributed by atoms with Crippen LogP contribution < -0.4 is 0 Å². The maximum Gasteiger partial charge on any atom is 0.472 e. The summed E-state index contributed by atoms with van der Waals surface area (Å²) < 4.78 is 68.9. The lowest BCUT2D eigenvalue weighted by Gasteiger charge is -2.21. The smallest absolute Gasteiger partial charge is 0.462 e. The molecule has 0 saturated carbocycles. The highest BCUT2D eigenvalue weighted by molar-refractivity contribution is 7.47. The molecule has 0 aromatic carbocycles. The second kappa shape index (κ2) is 78.3. The summed E-state index contributed by atoms with van der Waals surface area (Å²) in [7, 11) is -9.93. The second-order valence-electron chi connectivity index (χ2n) is 32.2. The lowest BCUT2D eigenvalue weighted by Crippen LogP contribution is -2.30. The number of ether oxygens (including phenoxy) is 4. The number of esters is 4. The number of phosphoric ester groups is 2. The predicted molar refractivity (Wildman–Crippen MR) is 437 cm³/mol. The van der Waals surface area contributed by atoms with Crippen molar-refractivity contribution in [2.24, 2.45) is 11.8 Å². The number of aliphatic hydroxyl groups excluding tert-OH is 1. The van der Waals surface area contributed by atoms with Crippen LogP contribution >= 0.6 is 15.6 Å². The van der Waals surface area contributed by atoms with Gasteiger partial charge >= 0.3 is 39.5 Å². The van der Waals surface area contributed by atoms with Crippen LogP contribution in [0.2, 0.25) is 0 Å². The molecule has 19 heteroatoms. The largest absolute Gasteiger partial charge is 0.472 e. The van der Waals surface area contributed by atoms with Gasteiger partial charge in [0.15, 0.2) is 12.2 Å². The molecule has 0 aromatic rings. The molecule has 0 aliphatic rings. The van der Waals surface area contributed by atoms with Crippen LogP contribution in [0, 0.1) is 11.8 Å². The van der Waals surface area contributed by atoms with E-state index in [1.54, 1.807) is 0 Å². The third-order valence-corrected chi connectivity index (χ3v) is 22.4. The monoisotopic (exact) mass is 1550 g/mol. The third-order valence-electron chi connectivity index (χ3n) is 20.5. The Bertz CT molecular complexity index is 2030. The number of aliphatic hydroxyl groups is 1. The van der Waals surface area contributed by atoms with Crippen molar-refractivity contribution in [1.29, 1.82) is 0 Å².